The summed E-state index contributed by atoms with van der Waals surface area (Å²) in [6, 6.07) is 12.2. The fourth-order valence-electron chi connectivity index (χ4n) is 4.49. The molecule has 166 valence electrons. The molecule has 5 heterocycles. The van der Waals surface area contributed by atoms with Gasteiger partial charge in [0.1, 0.15) is 11.5 Å². The summed E-state index contributed by atoms with van der Waals surface area (Å²) in [5.74, 6) is 0.313. The van der Waals surface area contributed by atoms with Crippen LogP contribution in [0, 0.1) is 12.3 Å². The second-order valence-corrected chi connectivity index (χ2v) is 9.86. The average molecular weight is 462 g/mol. The topological polar surface area (TPSA) is 53.1 Å². The third kappa shape index (κ3) is 3.48. The Morgan fingerprint density at radius 1 is 1.18 bits per heavy atom. The zero-order valence-electron chi connectivity index (χ0n) is 18.0. The van der Waals surface area contributed by atoms with Crippen LogP contribution >= 0.6 is 11.3 Å². The normalized spacial score (nSPS) is 19.5. The van der Waals surface area contributed by atoms with Crippen LogP contribution in [0.4, 0.5) is 20.3 Å². The first-order valence-electron chi connectivity index (χ1n) is 10.8. The molecular weight excluding hydrogens is 440 g/mol. The lowest BCUT2D eigenvalue weighted by atomic mass is 10.1. The minimum absolute atomic E-state index is 0.347. The van der Waals surface area contributed by atoms with Gasteiger partial charge >= 0.3 is 0 Å². The molecular formula is C25H21F2N5S. The first-order valence-corrected chi connectivity index (χ1v) is 11.7. The molecule has 2 aliphatic heterocycles. The molecule has 0 unspecified atom stereocenters. The van der Waals surface area contributed by atoms with Crippen molar-refractivity contribution in [3.63, 3.8) is 0 Å². The number of rotatable bonds is 2. The molecule has 1 aromatic carbocycles. The summed E-state index contributed by atoms with van der Waals surface area (Å²) >= 11 is 1.80. The SMILES string of the molecule is C#Cc1cc(-c2ccc3c(ccc4sc5c(c43)NC[C@@H](C)NC5)n2)cc(N2CC(F)(F)C2)n1. The summed E-state index contributed by atoms with van der Waals surface area (Å²) in [7, 11) is 0. The lowest BCUT2D eigenvalue weighted by Gasteiger charge is -2.39. The van der Waals surface area contributed by atoms with Crippen LogP contribution in [0.3, 0.4) is 0 Å². The largest absolute Gasteiger partial charge is 0.382 e. The Kier molecular flexibility index (Phi) is 4.54. The average Bonchev–Trinajstić information content (AvgIpc) is 3.06. The number of benzene rings is 1. The predicted octanol–water partition coefficient (Wildman–Crippen LogP) is 4.85. The Bertz CT molecular complexity index is 1450. The van der Waals surface area contributed by atoms with Gasteiger partial charge in [-0.3, -0.25) is 0 Å². The molecule has 5 nitrogen and oxygen atoms in total. The number of aromatic nitrogens is 2. The fraction of sp³-hybridized carbons (Fsp3) is 0.280. The Morgan fingerprint density at radius 3 is 2.82 bits per heavy atom. The summed E-state index contributed by atoms with van der Waals surface area (Å²) < 4.78 is 28.0. The number of alkyl halides is 2. The number of thiophene rings is 1. The second-order valence-electron chi connectivity index (χ2n) is 8.72. The third-order valence-corrected chi connectivity index (χ3v) is 7.37. The van der Waals surface area contributed by atoms with Crippen LogP contribution in [-0.2, 0) is 6.54 Å². The molecule has 4 aromatic rings. The molecule has 0 radical (unpaired) electrons. The highest BCUT2D eigenvalue weighted by Gasteiger charge is 2.44. The van der Waals surface area contributed by atoms with Gasteiger partial charge in [0.05, 0.1) is 30.0 Å². The van der Waals surface area contributed by atoms with Crippen molar-refractivity contribution >= 4 is 43.8 Å². The molecule has 2 aliphatic rings. The number of nitrogens with one attached hydrogen (secondary N) is 2. The van der Waals surface area contributed by atoms with Crippen LogP contribution in [-0.4, -0.2) is 41.6 Å². The number of fused-ring (bicyclic) bond motifs is 5. The lowest BCUT2D eigenvalue weighted by Crippen LogP contribution is -2.56. The Balaban J connectivity index is 1.44. The Labute approximate surface area is 193 Å². The zero-order valence-corrected chi connectivity index (χ0v) is 18.8. The molecule has 0 bridgehead atoms. The highest BCUT2D eigenvalue weighted by atomic mass is 32.1. The molecule has 0 aliphatic carbocycles. The van der Waals surface area contributed by atoms with E-state index in [4.69, 9.17) is 11.4 Å². The van der Waals surface area contributed by atoms with Crippen molar-refractivity contribution in [1.29, 1.82) is 0 Å². The molecule has 0 saturated carbocycles. The van der Waals surface area contributed by atoms with Crippen molar-refractivity contribution < 1.29 is 8.78 Å². The smallest absolute Gasteiger partial charge is 0.282 e. The monoisotopic (exact) mass is 461 g/mol. The molecule has 1 fully saturated rings. The van der Waals surface area contributed by atoms with E-state index in [9.17, 15) is 8.78 Å². The first-order chi connectivity index (χ1) is 15.9. The summed E-state index contributed by atoms with van der Waals surface area (Å²) in [6.45, 7) is 3.19. The molecule has 2 N–H and O–H groups in total. The molecule has 1 saturated heterocycles. The minimum atomic E-state index is -2.68. The maximum absolute atomic E-state index is 13.4. The van der Waals surface area contributed by atoms with E-state index in [1.165, 1.54) is 25.6 Å². The highest BCUT2D eigenvalue weighted by Crippen LogP contribution is 2.41. The van der Waals surface area contributed by atoms with E-state index in [1.54, 1.807) is 23.5 Å². The molecule has 8 heteroatoms. The van der Waals surface area contributed by atoms with E-state index in [0.29, 0.717) is 17.6 Å². The van der Waals surface area contributed by atoms with Crippen LogP contribution in [0.25, 0.3) is 32.2 Å². The van der Waals surface area contributed by atoms with Crippen LogP contribution < -0.4 is 15.5 Å². The van der Waals surface area contributed by atoms with Crippen molar-refractivity contribution in [3.8, 4) is 23.6 Å². The molecule has 6 rings (SSSR count). The minimum Gasteiger partial charge on any atom is -0.382 e. The predicted molar refractivity (Wildman–Crippen MR) is 130 cm³/mol. The van der Waals surface area contributed by atoms with E-state index in [1.807, 2.05) is 12.1 Å². The van der Waals surface area contributed by atoms with Crippen LogP contribution in [0.1, 0.15) is 17.5 Å². The molecule has 1 atom stereocenters. The van der Waals surface area contributed by atoms with Gasteiger partial charge in [0.15, 0.2) is 0 Å². The number of pyridine rings is 2. The summed E-state index contributed by atoms with van der Waals surface area (Å²) in [6.07, 6.45) is 5.60. The third-order valence-electron chi connectivity index (χ3n) is 6.21. The van der Waals surface area contributed by atoms with Crippen molar-refractivity contribution in [2.24, 2.45) is 0 Å². The molecule has 0 spiro atoms. The van der Waals surface area contributed by atoms with E-state index in [0.717, 1.165) is 35.2 Å². The van der Waals surface area contributed by atoms with Crippen LogP contribution in [0.2, 0.25) is 0 Å². The standard InChI is InChI=1S/C25H21F2N5S/c1-3-16-8-15(9-22(30-16)32-12-25(26,27)13-32)18-5-4-17-19(31-18)6-7-20-23(17)24-21(33-20)11-28-14(2)10-29-24/h1,4-9,14,28-29H,10-13H2,2H3/t14-/m1/s1. The maximum atomic E-state index is 13.4. The van der Waals surface area contributed by atoms with Gasteiger partial charge < -0.3 is 15.5 Å². The number of hydrogen-bond donors (Lipinski definition) is 2. The number of halogens is 2. The summed E-state index contributed by atoms with van der Waals surface area (Å²) in [4.78, 5) is 12.1. The number of hydrogen-bond acceptors (Lipinski definition) is 6. The van der Waals surface area contributed by atoms with Gasteiger partial charge in [-0.25, -0.2) is 18.7 Å². The van der Waals surface area contributed by atoms with Gasteiger partial charge in [-0.2, -0.15) is 0 Å². The van der Waals surface area contributed by atoms with Crippen molar-refractivity contribution in [1.82, 2.24) is 15.3 Å². The number of terminal acetylenes is 1. The van der Waals surface area contributed by atoms with Gasteiger partial charge in [0.2, 0.25) is 0 Å². The summed E-state index contributed by atoms with van der Waals surface area (Å²) in [5.41, 5.74) is 3.98. The number of anilines is 2. The van der Waals surface area contributed by atoms with Crippen molar-refractivity contribution in [2.75, 3.05) is 29.9 Å². The van der Waals surface area contributed by atoms with Crippen LogP contribution in [0.5, 0.6) is 0 Å². The van der Waals surface area contributed by atoms with E-state index in [2.05, 4.69) is 40.6 Å². The zero-order chi connectivity index (χ0) is 22.7. The van der Waals surface area contributed by atoms with Crippen molar-refractivity contribution in [2.45, 2.75) is 25.4 Å². The van der Waals surface area contributed by atoms with Gasteiger partial charge in [0.25, 0.3) is 5.92 Å². The quantitative estimate of drug-likeness (QED) is 0.418. The van der Waals surface area contributed by atoms with Gasteiger partial charge in [-0.1, -0.05) is 5.92 Å². The second kappa shape index (κ2) is 7.37. The summed E-state index contributed by atoms with van der Waals surface area (Å²) in [5, 5.41) is 9.44. The van der Waals surface area contributed by atoms with Crippen molar-refractivity contribution in [3.05, 3.63) is 47.0 Å². The molecule has 3 aromatic heterocycles. The van der Waals surface area contributed by atoms with E-state index in [-0.39, 0.29) is 13.1 Å². The maximum Gasteiger partial charge on any atom is 0.282 e. The van der Waals surface area contributed by atoms with Crippen LogP contribution in [0.15, 0.2) is 36.4 Å². The van der Waals surface area contributed by atoms with Gasteiger partial charge in [0, 0.05) is 45.0 Å². The lowest BCUT2D eigenvalue weighted by molar-refractivity contribution is -0.0267. The Morgan fingerprint density at radius 2 is 2.03 bits per heavy atom. The highest BCUT2D eigenvalue weighted by molar-refractivity contribution is 7.20. The molecule has 0 amide bonds. The number of nitrogens with zero attached hydrogens (tertiary/aromatic N) is 3. The van der Waals surface area contributed by atoms with Gasteiger partial charge in [-0.05, 0) is 43.3 Å². The Hall–Kier alpha value is -3.28. The van der Waals surface area contributed by atoms with E-state index >= 15 is 0 Å². The fourth-order valence-corrected chi connectivity index (χ4v) is 5.64. The van der Waals surface area contributed by atoms with Gasteiger partial charge in [-0.15, -0.1) is 17.8 Å². The first kappa shape index (κ1) is 20.3. The molecule has 33 heavy (non-hydrogen) atoms. The van der Waals surface area contributed by atoms with E-state index < -0.39 is 5.92 Å².